The number of hydrogen-bond acceptors (Lipinski definition) is 12. The highest BCUT2D eigenvalue weighted by Crippen LogP contribution is 2.31. The van der Waals surface area contributed by atoms with E-state index in [1.54, 1.807) is 14.0 Å². The fraction of sp³-hybridized carbons (Fsp3) is 0.905. The molecule has 0 amide bonds. The number of aliphatic hydroxyl groups is 3. The summed E-state index contributed by atoms with van der Waals surface area (Å²) in [4.78, 5) is 0. The van der Waals surface area contributed by atoms with E-state index in [2.05, 4.69) is 10.6 Å². The van der Waals surface area contributed by atoms with Crippen LogP contribution in [-0.4, -0.2) is 109 Å². The number of likely N-dealkylation sites (N-methyl/N-ethyl adjacent to an activating group) is 2. The number of nitrogens with one attached hydrogen (secondary N) is 2. The Morgan fingerprint density at radius 2 is 1.85 bits per heavy atom. The van der Waals surface area contributed by atoms with Gasteiger partial charge in [0.15, 0.2) is 6.29 Å². The van der Waals surface area contributed by atoms with E-state index in [-0.39, 0.29) is 19.2 Å². The third-order valence-electron chi connectivity index (χ3n) is 6.64. The quantitative estimate of drug-likeness (QED) is 0.175. The zero-order chi connectivity index (χ0) is 24.3. The maximum Gasteiger partial charge on any atom is 0.215 e. The van der Waals surface area contributed by atoms with Crippen molar-refractivity contribution in [3.8, 4) is 0 Å². The highest BCUT2D eigenvalue weighted by Gasteiger charge is 2.51. The molecule has 2 heterocycles. The van der Waals surface area contributed by atoms with Crippen molar-refractivity contribution in [3.05, 3.63) is 11.8 Å². The second kappa shape index (κ2) is 11.2. The monoisotopic (exact) mass is 475 g/mol. The van der Waals surface area contributed by atoms with Gasteiger partial charge in [-0.1, -0.05) is 6.92 Å². The van der Waals surface area contributed by atoms with E-state index in [4.69, 9.17) is 36.1 Å². The van der Waals surface area contributed by atoms with Gasteiger partial charge < -0.3 is 62.1 Å². The Balaban J connectivity index is 1.75. The van der Waals surface area contributed by atoms with Crippen LogP contribution < -0.4 is 27.8 Å². The normalized spacial score (nSPS) is 46.5. The molecule has 11 N–H and O–H groups in total. The van der Waals surface area contributed by atoms with Gasteiger partial charge in [-0.2, -0.15) is 0 Å². The van der Waals surface area contributed by atoms with E-state index in [1.165, 1.54) is 0 Å². The summed E-state index contributed by atoms with van der Waals surface area (Å²) in [6, 6.07) is -1.95. The molecule has 12 nitrogen and oxygen atoms in total. The molecule has 192 valence electrons. The predicted molar refractivity (Wildman–Crippen MR) is 120 cm³/mol. The van der Waals surface area contributed by atoms with E-state index in [1.807, 2.05) is 13.0 Å². The maximum absolute atomic E-state index is 11.3. The Morgan fingerprint density at radius 3 is 2.48 bits per heavy atom. The molecule has 1 saturated carbocycles. The van der Waals surface area contributed by atoms with Crippen molar-refractivity contribution in [1.29, 1.82) is 0 Å². The topological polar surface area (TPSA) is 200 Å². The molecule has 3 aliphatic rings. The van der Waals surface area contributed by atoms with Gasteiger partial charge in [-0.15, -0.1) is 0 Å². The van der Waals surface area contributed by atoms with Crippen molar-refractivity contribution in [1.82, 2.24) is 10.6 Å². The average Bonchev–Trinajstić information content (AvgIpc) is 2.76. The first-order valence-corrected chi connectivity index (χ1v) is 11.6. The summed E-state index contributed by atoms with van der Waals surface area (Å²) in [5, 5.41) is 38.8. The van der Waals surface area contributed by atoms with E-state index in [9.17, 15) is 15.3 Å². The maximum atomic E-state index is 11.3. The lowest BCUT2D eigenvalue weighted by molar-refractivity contribution is -0.304. The van der Waals surface area contributed by atoms with Gasteiger partial charge in [0.2, 0.25) is 6.29 Å². The van der Waals surface area contributed by atoms with Crippen molar-refractivity contribution >= 4 is 0 Å². The second-order valence-corrected chi connectivity index (χ2v) is 9.31. The number of nitrogens with two attached hydrogens (primary N) is 3. The molecular weight excluding hydrogens is 434 g/mol. The molecule has 2 aliphatic heterocycles. The number of ether oxygens (including phenoxy) is 4. The van der Waals surface area contributed by atoms with Gasteiger partial charge in [-0.3, -0.25) is 0 Å². The van der Waals surface area contributed by atoms with Crippen LogP contribution in [0.4, 0.5) is 0 Å². The van der Waals surface area contributed by atoms with Gasteiger partial charge in [0.05, 0.1) is 25.2 Å². The van der Waals surface area contributed by atoms with Crippen LogP contribution in [0.1, 0.15) is 26.7 Å². The Bertz CT molecular complexity index is 669. The molecule has 1 aliphatic carbocycles. The first-order chi connectivity index (χ1) is 15.6. The SMILES string of the molecule is CCNC1CC(N)C(OC2OC(CN)=CCC2N)C(O)C1OC1OCC(C)(O)C(NC)C1O. The zero-order valence-corrected chi connectivity index (χ0v) is 19.6. The van der Waals surface area contributed by atoms with Gasteiger partial charge in [0, 0.05) is 12.1 Å². The van der Waals surface area contributed by atoms with Crippen molar-refractivity contribution in [2.24, 2.45) is 17.2 Å². The summed E-state index contributed by atoms with van der Waals surface area (Å²) < 4.78 is 23.6. The Kier molecular flexibility index (Phi) is 9.08. The lowest BCUT2D eigenvalue weighted by Crippen LogP contribution is -2.69. The highest BCUT2D eigenvalue weighted by molar-refractivity contribution is 5.05. The van der Waals surface area contributed by atoms with Gasteiger partial charge in [0.1, 0.15) is 35.8 Å². The minimum absolute atomic E-state index is 0.0483. The first-order valence-electron chi connectivity index (χ1n) is 11.6. The summed E-state index contributed by atoms with van der Waals surface area (Å²) in [6.45, 7) is 4.30. The fourth-order valence-corrected chi connectivity index (χ4v) is 4.86. The van der Waals surface area contributed by atoms with Crippen LogP contribution in [0.2, 0.25) is 0 Å². The van der Waals surface area contributed by atoms with E-state index < -0.39 is 60.7 Å². The lowest BCUT2D eigenvalue weighted by atomic mass is 9.83. The first kappa shape index (κ1) is 26.7. The summed E-state index contributed by atoms with van der Waals surface area (Å²) >= 11 is 0. The molecule has 11 atom stereocenters. The molecule has 0 spiro atoms. The molecule has 1 saturated heterocycles. The average molecular weight is 476 g/mol. The van der Waals surface area contributed by atoms with Crippen LogP contribution in [0.5, 0.6) is 0 Å². The molecule has 33 heavy (non-hydrogen) atoms. The minimum Gasteiger partial charge on any atom is -0.467 e. The smallest absolute Gasteiger partial charge is 0.215 e. The van der Waals surface area contributed by atoms with Crippen LogP contribution in [0, 0.1) is 0 Å². The summed E-state index contributed by atoms with van der Waals surface area (Å²) in [5.41, 5.74) is 16.9. The third-order valence-corrected chi connectivity index (χ3v) is 6.64. The molecule has 3 rings (SSSR count). The Morgan fingerprint density at radius 1 is 1.15 bits per heavy atom. The third kappa shape index (κ3) is 5.85. The van der Waals surface area contributed by atoms with Crippen molar-refractivity contribution < 1.29 is 34.3 Å². The second-order valence-electron chi connectivity index (χ2n) is 9.31. The molecule has 12 heteroatoms. The highest BCUT2D eigenvalue weighted by atomic mass is 16.7. The fourth-order valence-electron chi connectivity index (χ4n) is 4.86. The van der Waals surface area contributed by atoms with Crippen molar-refractivity contribution in [2.45, 2.75) is 93.5 Å². The minimum atomic E-state index is -1.28. The van der Waals surface area contributed by atoms with Crippen LogP contribution in [0.25, 0.3) is 0 Å². The van der Waals surface area contributed by atoms with E-state index in [0.29, 0.717) is 25.1 Å². The van der Waals surface area contributed by atoms with Gasteiger partial charge in [-0.25, -0.2) is 0 Å². The molecule has 0 aromatic heterocycles. The number of aliphatic hydroxyl groups excluding tert-OH is 2. The molecule has 2 fully saturated rings. The summed E-state index contributed by atoms with van der Waals surface area (Å²) in [7, 11) is 1.64. The lowest BCUT2D eigenvalue weighted by Gasteiger charge is -2.49. The van der Waals surface area contributed by atoms with Crippen LogP contribution in [-0.2, 0) is 18.9 Å². The van der Waals surface area contributed by atoms with E-state index in [0.717, 1.165) is 0 Å². The molecule has 0 bridgehead atoms. The van der Waals surface area contributed by atoms with Crippen LogP contribution in [0.3, 0.4) is 0 Å². The molecule has 0 aromatic carbocycles. The van der Waals surface area contributed by atoms with E-state index >= 15 is 0 Å². The standard InChI is InChI=1S/C21H41N5O7/c1-4-26-13-7-12(24)16(32-19-11(23)6-5-10(8-22)31-19)14(27)17(13)33-20-15(28)18(25-3)21(2,29)9-30-20/h5,11-20,25-29H,4,6-9,22-24H2,1-3H3. The van der Waals surface area contributed by atoms with Crippen molar-refractivity contribution in [2.75, 3.05) is 26.7 Å². The van der Waals surface area contributed by atoms with Gasteiger partial charge in [0.25, 0.3) is 0 Å². The van der Waals surface area contributed by atoms with Gasteiger partial charge in [-0.05, 0) is 39.4 Å². The van der Waals surface area contributed by atoms with Crippen molar-refractivity contribution in [3.63, 3.8) is 0 Å². The molecular formula is C21H41N5O7. The number of rotatable bonds is 8. The predicted octanol–water partition coefficient (Wildman–Crippen LogP) is -3.20. The largest absolute Gasteiger partial charge is 0.467 e. The van der Waals surface area contributed by atoms with Crippen LogP contribution in [0.15, 0.2) is 11.8 Å². The molecule has 0 radical (unpaired) electrons. The zero-order valence-electron chi connectivity index (χ0n) is 19.6. The van der Waals surface area contributed by atoms with Gasteiger partial charge >= 0.3 is 0 Å². The number of hydrogen-bond donors (Lipinski definition) is 8. The molecule has 0 aromatic rings. The van der Waals surface area contributed by atoms with Crippen LogP contribution >= 0.6 is 0 Å². The Labute approximate surface area is 194 Å². The summed E-state index contributed by atoms with van der Waals surface area (Å²) in [6.07, 6.45) is -3.05. The summed E-state index contributed by atoms with van der Waals surface area (Å²) in [5.74, 6) is 0.572. The molecule has 11 unspecified atom stereocenters. The Hall–Kier alpha value is -0.900.